The second kappa shape index (κ2) is 5.14. The van der Waals surface area contributed by atoms with Crippen LogP contribution in [0.25, 0.3) is 0 Å². The van der Waals surface area contributed by atoms with E-state index in [1.54, 1.807) is 6.07 Å². The van der Waals surface area contributed by atoms with Crippen LogP contribution in [0.2, 0.25) is 0 Å². The van der Waals surface area contributed by atoms with Crippen LogP contribution in [-0.4, -0.2) is 30.8 Å². The highest BCUT2D eigenvalue weighted by molar-refractivity contribution is 5.43. The molecule has 1 aliphatic carbocycles. The minimum Gasteiger partial charge on any atom is -0.346 e. The molecule has 0 unspecified atom stereocenters. The fourth-order valence-corrected chi connectivity index (χ4v) is 2.23. The van der Waals surface area contributed by atoms with Gasteiger partial charge in [-0.15, -0.1) is 0 Å². The van der Waals surface area contributed by atoms with Gasteiger partial charge in [-0.3, -0.25) is 0 Å². The molecule has 0 spiro atoms. The summed E-state index contributed by atoms with van der Waals surface area (Å²) in [6.45, 7) is -0.671. The minimum absolute atomic E-state index is 0.158. The first-order chi connectivity index (χ1) is 8.49. The van der Waals surface area contributed by atoms with E-state index in [-0.39, 0.29) is 13.1 Å². The van der Waals surface area contributed by atoms with Crippen LogP contribution >= 0.6 is 0 Å². The Morgan fingerprint density at radius 3 is 2.72 bits per heavy atom. The molecule has 2 N–H and O–H groups in total. The van der Waals surface area contributed by atoms with E-state index in [0.29, 0.717) is 5.82 Å². The number of hydrogen-bond donors (Lipinski definition) is 1. The van der Waals surface area contributed by atoms with E-state index < -0.39 is 12.7 Å². The largest absolute Gasteiger partial charge is 0.405 e. The number of rotatable bonds is 4. The van der Waals surface area contributed by atoms with Crippen molar-refractivity contribution < 1.29 is 13.2 Å². The van der Waals surface area contributed by atoms with Crippen LogP contribution in [0.5, 0.6) is 0 Å². The predicted octanol–water partition coefficient (Wildman–Crippen LogP) is 1.90. The summed E-state index contributed by atoms with van der Waals surface area (Å²) < 4.78 is 37.4. The van der Waals surface area contributed by atoms with Crippen molar-refractivity contribution in [3.63, 3.8) is 0 Å². The molecule has 1 aromatic rings. The van der Waals surface area contributed by atoms with Gasteiger partial charge in [-0.25, -0.2) is 4.98 Å². The summed E-state index contributed by atoms with van der Waals surface area (Å²) in [5.41, 5.74) is 7.44. The molecule has 2 rings (SSSR count). The van der Waals surface area contributed by atoms with E-state index in [4.69, 9.17) is 5.73 Å². The molecule has 0 bridgehead atoms. The molecule has 0 aliphatic heterocycles. The van der Waals surface area contributed by atoms with Crippen LogP contribution in [0, 0.1) is 0 Å². The third-order valence-electron chi connectivity index (χ3n) is 3.01. The molecule has 0 atom stereocenters. The van der Waals surface area contributed by atoms with E-state index in [1.807, 2.05) is 6.07 Å². The second-order valence-corrected chi connectivity index (χ2v) is 4.45. The highest BCUT2D eigenvalue weighted by Gasteiger charge is 2.31. The topological polar surface area (TPSA) is 42.1 Å². The van der Waals surface area contributed by atoms with Crippen molar-refractivity contribution >= 4 is 5.82 Å². The maximum atomic E-state index is 12.5. The third kappa shape index (κ3) is 3.13. The number of alkyl halides is 3. The molecule has 0 fully saturated rings. The second-order valence-electron chi connectivity index (χ2n) is 4.45. The Hall–Kier alpha value is -1.30. The molecule has 3 nitrogen and oxygen atoms in total. The zero-order valence-electron chi connectivity index (χ0n) is 10.0. The van der Waals surface area contributed by atoms with Crippen molar-refractivity contribution in [2.75, 3.05) is 24.5 Å². The summed E-state index contributed by atoms with van der Waals surface area (Å²) >= 11 is 0. The lowest BCUT2D eigenvalue weighted by Crippen LogP contribution is -2.38. The number of aryl methyl sites for hydroxylation is 2. The van der Waals surface area contributed by atoms with E-state index in [0.717, 1.165) is 30.5 Å². The summed E-state index contributed by atoms with van der Waals surface area (Å²) in [6.07, 6.45) is -1.39. The van der Waals surface area contributed by atoms with Gasteiger partial charge in [0.15, 0.2) is 0 Å². The van der Waals surface area contributed by atoms with Gasteiger partial charge in [0.25, 0.3) is 0 Å². The Bertz CT molecular complexity index is 418. The van der Waals surface area contributed by atoms with Crippen LogP contribution in [0.1, 0.15) is 17.7 Å². The minimum atomic E-state index is -4.24. The third-order valence-corrected chi connectivity index (χ3v) is 3.01. The maximum Gasteiger partial charge on any atom is 0.405 e. The molecule has 1 aromatic heterocycles. The number of hydrogen-bond acceptors (Lipinski definition) is 3. The first-order valence-electron chi connectivity index (χ1n) is 6.00. The molecule has 0 aromatic carbocycles. The Balaban J connectivity index is 2.20. The van der Waals surface area contributed by atoms with Gasteiger partial charge < -0.3 is 10.6 Å². The SMILES string of the molecule is NCCN(CC(F)(F)F)c1ccc2c(n1)CCC2. The molecular weight excluding hydrogens is 243 g/mol. The zero-order chi connectivity index (χ0) is 13.2. The van der Waals surface area contributed by atoms with Gasteiger partial charge in [0.1, 0.15) is 12.4 Å². The van der Waals surface area contributed by atoms with Gasteiger partial charge in [0, 0.05) is 18.8 Å². The van der Waals surface area contributed by atoms with Crippen molar-refractivity contribution in [3.8, 4) is 0 Å². The highest BCUT2D eigenvalue weighted by atomic mass is 19.4. The lowest BCUT2D eigenvalue weighted by atomic mass is 10.2. The van der Waals surface area contributed by atoms with Gasteiger partial charge in [-0.05, 0) is 30.9 Å². The number of nitrogens with zero attached hydrogens (tertiary/aromatic N) is 2. The Morgan fingerprint density at radius 1 is 1.28 bits per heavy atom. The molecule has 1 aliphatic rings. The molecule has 18 heavy (non-hydrogen) atoms. The Kier molecular flexibility index (Phi) is 3.75. The van der Waals surface area contributed by atoms with Crippen molar-refractivity contribution in [1.29, 1.82) is 0 Å². The summed E-state index contributed by atoms with van der Waals surface area (Å²) in [4.78, 5) is 5.52. The lowest BCUT2D eigenvalue weighted by Gasteiger charge is -2.24. The molecule has 0 saturated carbocycles. The van der Waals surface area contributed by atoms with Gasteiger partial charge in [0.05, 0.1) is 0 Å². The fraction of sp³-hybridized carbons (Fsp3) is 0.583. The molecule has 1 heterocycles. The summed E-state index contributed by atoms with van der Waals surface area (Å²) in [5, 5.41) is 0. The van der Waals surface area contributed by atoms with Crippen molar-refractivity contribution in [2.45, 2.75) is 25.4 Å². The summed E-state index contributed by atoms with van der Waals surface area (Å²) in [6, 6.07) is 3.54. The van der Waals surface area contributed by atoms with Gasteiger partial charge in [-0.1, -0.05) is 6.07 Å². The molecular formula is C12H16F3N3. The molecule has 6 heteroatoms. The number of pyridine rings is 1. The van der Waals surface area contributed by atoms with E-state index >= 15 is 0 Å². The van der Waals surface area contributed by atoms with Crippen molar-refractivity contribution in [3.05, 3.63) is 23.4 Å². The van der Waals surface area contributed by atoms with Crippen LogP contribution in [0.3, 0.4) is 0 Å². The van der Waals surface area contributed by atoms with E-state index in [2.05, 4.69) is 4.98 Å². The first-order valence-corrected chi connectivity index (χ1v) is 6.00. The van der Waals surface area contributed by atoms with Crippen molar-refractivity contribution in [1.82, 2.24) is 4.98 Å². The number of anilines is 1. The maximum absolute atomic E-state index is 12.5. The predicted molar refractivity (Wildman–Crippen MR) is 63.6 cm³/mol. The number of halogens is 3. The Morgan fingerprint density at radius 2 is 2.06 bits per heavy atom. The zero-order valence-corrected chi connectivity index (χ0v) is 10.0. The number of nitrogens with two attached hydrogens (primary N) is 1. The molecule has 0 amide bonds. The smallest absolute Gasteiger partial charge is 0.346 e. The standard InChI is InChI=1S/C12H16F3N3/c13-12(14,15)8-18(7-6-16)11-5-4-9-2-1-3-10(9)17-11/h4-5H,1-3,6-8,16H2. The number of aromatic nitrogens is 1. The van der Waals surface area contributed by atoms with Crippen LogP contribution in [-0.2, 0) is 12.8 Å². The van der Waals surface area contributed by atoms with E-state index in [1.165, 1.54) is 4.90 Å². The van der Waals surface area contributed by atoms with Crippen LogP contribution < -0.4 is 10.6 Å². The first kappa shape index (κ1) is 13.1. The van der Waals surface area contributed by atoms with Crippen LogP contribution in [0.4, 0.5) is 19.0 Å². The summed E-state index contributed by atoms with van der Waals surface area (Å²) in [7, 11) is 0. The quantitative estimate of drug-likeness (QED) is 0.898. The fourth-order valence-electron chi connectivity index (χ4n) is 2.23. The van der Waals surface area contributed by atoms with Crippen molar-refractivity contribution in [2.24, 2.45) is 5.73 Å². The number of fused-ring (bicyclic) bond motifs is 1. The molecule has 100 valence electrons. The molecule has 0 saturated heterocycles. The average molecular weight is 259 g/mol. The monoisotopic (exact) mass is 259 g/mol. The average Bonchev–Trinajstić information content (AvgIpc) is 2.73. The normalized spacial score (nSPS) is 14.7. The van der Waals surface area contributed by atoms with Gasteiger partial charge >= 0.3 is 6.18 Å². The van der Waals surface area contributed by atoms with Gasteiger partial charge in [0.2, 0.25) is 0 Å². The molecule has 0 radical (unpaired) electrons. The lowest BCUT2D eigenvalue weighted by molar-refractivity contribution is -0.119. The van der Waals surface area contributed by atoms with Crippen LogP contribution in [0.15, 0.2) is 12.1 Å². The van der Waals surface area contributed by atoms with E-state index in [9.17, 15) is 13.2 Å². The van der Waals surface area contributed by atoms with Gasteiger partial charge in [-0.2, -0.15) is 13.2 Å². The summed E-state index contributed by atoms with van der Waals surface area (Å²) in [5.74, 6) is 0.374. The Labute approximate surface area is 104 Å². The highest BCUT2D eigenvalue weighted by Crippen LogP contribution is 2.25.